The molecule has 5 heteroatoms. The summed E-state index contributed by atoms with van der Waals surface area (Å²) in [5.74, 6) is -0.0301. The van der Waals surface area contributed by atoms with Crippen molar-refractivity contribution < 1.29 is 4.39 Å². The normalized spacial score (nSPS) is 18.1. The van der Waals surface area contributed by atoms with Crippen LogP contribution in [-0.4, -0.2) is 11.5 Å². The van der Waals surface area contributed by atoms with Gasteiger partial charge in [-0.05, 0) is 17.7 Å². The Morgan fingerprint density at radius 2 is 1.86 bits per heavy atom. The molecule has 2 aromatic rings. The van der Waals surface area contributed by atoms with E-state index in [-0.39, 0.29) is 10.9 Å². The van der Waals surface area contributed by atoms with Gasteiger partial charge in [-0.25, -0.2) is 4.39 Å². The second-order valence-electron chi connectivity index (χ2n) is 4.87. The van der Waals surface area contributed by atoms with Gasteiger partial charge in [-0.3, -0.25) is 0 Å². The third-order valence-electron chi connectivity index (χ3n) is 3.45. The summed E-state index contributed by atoms with van der Waals surface area (Å²) in [4.78, 5) is 0. The van der Waals surface area contributed by atoms with Crippen molar-refractivity contribution in [1.82, 2.24) is 0 Å². The van der Waals surface area contributed by atoms with Gasteiger partial charge in [0.05, 0.1) is 10.7 Å². The minimum absolute atomic E-state index is 0.0377. The Bertz CT molecular complexity index is 726. The van der Waals surface area contributed by atoms with Gasteiger partial charge < -0.3 is 5.73 Å². The largest absolute Gasteiger partial charge is 0.386 e. The van der Waals surface area contributed by atoms with Crippen molar-refractivity contribution >= 4 is 23.1 Å². The first-order valence-electron chi connectivity index (χ1n) is 6.55. The molecule has 1 heterocycles. The average molecular weight is 302 g/mol. The van der Waals surface area contributed by atoms with Crippen LogP contribution in [0.25, 0.3) is 0 Å². The lowest BCUT2D eigenvalue weighted by atomic mass is 9.86. The summed E-state index contributed by atoms with van der Waals surface area (Å²) in [6.07, 6.45) is 0.563. The van der Waals surface area contributed by atoms with E-state index in [1.165, 1.54) is 12.1 Å². The van der Waals surface area contributed by atoms with E-state index >= 15 is 0 Å². The second-order valence-corrected chi connectivity index (χ2v) is 5.28. The zero-order valence-electron chi connectivity index (χ0n) is 11.1. The molecule has 21 heavy (non-hydrogen) atoms. The standard InChI is InChI=1S/C16H13ClFN3/c17-13-7-6-11(8-14(13)18)16-12(9-15(19)20-21-16)10-4-2-1-3-5-10/h1-8,12H,9H2,(H2,19,20). The van der Waals surface area contributed by atoms with Crippen molar-refractivity contribution in [2.75, 3.05) is 0 Å². The van der Waals surface area contributed by atoms with Gasteiger partial charge in [0.25, 0.3) is 0 Å². The van der Waals surface area contributed by atoms with Crippen LogP contribution in [0.4, 0.5) is 4.39 Å². The highest BCUT2D eigenvalue weighted by molar-refractivity contribution is 6.30. The number of benzene rings is 2. The van der Waals surface area contributed by atoms with E-state index < -0.39 is 5.82 Å². The summed E-state index contributed by atoms with van der Waals surface area (Å²) in [7, 11) is 0. The monoisotopic (exact) mass is 301 g/mol. The lowest BCUT2D eigenvalue weighted by Gasteiger charge is -2.22. The maximum atomic E-state index is 13.7. The molecular formula is C16H13ClFN3. The smallest absolute Gasteiger partial charge is 0.142 e. The van der Waals surface area contributed by atoms with Gasteiger partial charge in [0.15, 0.2) is 0 Å². The molecule has 1 atom stereocenters. The SMILES string of the molecule is NC1=NN=C(c2ccc(Cl)c(F)c2)C(c2ccccc2)C1. The Kier molecular flexibility index (Phi) is 3.71. The molecule has 0 amide bonds. The van der Waals surface area contributed by atoms with E-state index in [2.05, 4.69) is 10.2 Å². The van der Waals surface area contributed by atoms with Gasteiger partial charge in [0, 0.05) is 17.9 Å². The third-order valence-corrected chi connectivity index (χ3v) is 3.75. The Balaban J connectivity index is 2.06. The Hall–Kier alpha value is -2.20. The average Bonchev–Trinajstić information content (AvgIpc) is 2.51. The molecule has 1 aliphatic rings. The van der Waals surface area contributed by atoms with Gasteiger partial charge in [0.2, 0.25) is 0 Å². The van der Waals surface area contributed by atoms with Crippen LogP contribution >= 0.6 is 11.6 Å². The zero-order chi connectivity index (χ0) is 14.8. The van der Waals surface area contributed by atoms with Crippen LogP contribution in [0.2, 0.25) is 5.02 Å². The molecule has 3 nitrogen and oxygen atoms in total. The highest BCUT2D eigenvalue weighted by Gasteiger charge is 2.25. The van der Waals surface area contributed by atoms with Gasteiger partial charge in [-0.2, -0.15) is 5.10 Å². The van der Waals surface area contributed by atoms with Crippen LogP contribution in [0.1, 0.15) is 23.5 Å². The van der Waals surface area contributed by atoms with Gasteiger partial charge in [-0.15, -0.1) is 5.10 Å². The first kappa shape index (κ1) is 13.8. The molecule has 3 rings (SSSR count). The molecule has 2 N–H and O–H groups in total. The molecule has 0 radical (unpaired) electrons. The fraction of sp³-hybridized carbons (Fsp3) is 0.125. The van der Waals surface area contributed by atoms with Crippen LogP contribution in [0.3, 0.4) is 0 Å². The lowest BCUT2D eigenvalue weighted by molar-refractivity contribution is 0.627. The van der Waals surface area contributed by atoms with E-state index in [0.717, 1.165) is 5.56 Å². The molecule has 2 aromatic carbocycles. The first-order chi connectivity index (χ1) is 10.1. The van der Waals surface area contributed by atoms with Gasteiger partial charge >= 0.3 is 0 Å². The molecule has 0 saturated carbocycles. The topological polar surface area (TPSA) is 50.7 Å². The highest BCUT2D eigenvalue weighted by atomic mass is 35.5. The molecule has 106 valence electrons. The minimum atomic E-state index is -0.466. The van der Waals surface area contributed by atoms with Crippen LogP contribution in [0.15, 0.2) is 58.7 Å². The van der Waals surface area contributed by atoms with Gasteiger partial charge in [-0.1, -0.05) is 48.0 Å². The van der Waals surface area contributed by atoms with E-state index in [1.54, 1.807) is 6.07 Å². The number of nitrogens with two attached hydrogens (primary N) is 1. The summed E-state index contributed by atoms with van der Waals surface area (Å²) < 4.78 is 13.7. The lowest BCUT2D eigenvalue weighted by Crippen LogP contribution is -2.25. The quantitative estimate of drug-likeness (QED) is 0.903. The van der Waals surface area contributed by atoms with Crippen molar-refractivity contribution in [3.8, 4) is 0 Å². The maximum absolute atomic E-state index is 13.7. The molecule has 1 aliphatic heterocycles. The summed E-state index contributed by atoms with van der Waals surface area (Å²) in [5, 5.41) is 8.21. The first-order valence-corrected chi connectivity index (χ1v) is 6.93. The van der Waals surface area contributed by atoms with E-state index in [0.29, 0.717) is 23.5 Å². The Morgan fingerprint density at radius 3 is 2.57 bits per heavy atom. The molecular weight excluding hydrogens is 289 g/mol. The second kappa shape index (κ2) is 5.66. The summed E-state index contributed by atoms with van der Waals surface area (Å²) in [6.45, 7) is 0. The van der Waals surface area contributed by atoms with Gasteiger partial charge in [0.1, 0.15) is 11.7 Å². The molecule has 0 aliphatic carbocycles. The van der Waals surface area contributed by atoms with Crippen molar-refractivity contribution in [3.05, 3.63) is 70.5 Å². The molecule has 0 saturated heterocycles. The van der Waals surface area contributed by atoms with Crippen molar-refractivity contribution in [1.29, 1.82) is 0 Å². The summed E-state index contributed by atoms with van der Waals surface area (Å²) >= 11 is 5.73. The molecule has 0 bridgehead atoms. The van der Waals surface area contributed by atoms with E-state index in [1.807, 2.05) is 30.3 Å². The molecule has 0 fully saturated rings. The van der Waals surface area contributed by atoms with Crippen molar-refractivity contribution in [2.45, 2.75) is 12.3 Å². The fourth-order valence-electron chi connectivity index (χ4n) is 2.41. The molecule has 0 spiro atoms. The van der Waals surface area contributed by atoms with Crippen LogP contribution in [0, 0.1) is 5.82 Å². The van der Waals surface area contributed by atoms with Crippen LogP contribution < -0.4 is 5.73 Å². The van der Waals surface area contributed by atoms with Crippen LogP contribution in [-0.2, 0) is 0 Å². The number of halogens is 2. The highest BCUT2D eigenvalue weighted by Crippen LogP contribution is 2.29. The number of rotatable bonds is 2. The summed E-state index contributed by atoms with van der Waals surface area (Å²) in [6, 6.07) is 14.5. The Labute approximate surface area is 127 Å². The number of amidine groups is 1. The minimum Gasteiger partial charge on any atom is -0.386 e. The number of nitrogens with zero attached hydrogens (tertiary/aromatic N) is 2. The van der Waals surface area contributed by atoms with Crippen LogP contribution in [0.5, 0.6) is 0 Å². The van der Waals surface area contributed by atoms with E-state index in [9.17, 15) is 4.39 Å². The predicted octanol–water partition coefficient (Wildman–Crippen LogP) is 3.73. The summed E-state index contributed by atoms with van der Waals surface area (Å²) in [5.41, 5.74) is 8.25. The number of hydrogen-bond donors (Lipinski definition) is 1. The zero-order valence-corrected chi connectivity index (χ0v) is 11.9. The molecule has 1 unspecified atom stereocenters. The van der Waals surface area contributed by atoms with Crippen molar-refractivity contribution in [3.63, 3.8) is 0 Å². The fourth-order valence-corrected chi connectivity index (χ4v) is 2.53. The van der Waals surface area contributed by atoms with E-state index in [4.69, 9.17) is 17.3 Å². The third kappa shape index (κ3) is 2.81. The number of hydrogen-bond acceptors (Lipinski definition) is 3. The van der Waals surface area contributed by atoms with Crippen molar-refractivity contribution in [2.24, 2.45) is 15.9 Å². The predicted molar refractivity (Wildman–Crippen MR) is 83.4 cm³/mol. The molecule has 0 aromatic heterocycles. The maximum Gasteiger partial charge on any atom is 0.142 e. The Morgan fingerprint density at radius 1 is 1.10 bits per heavy atom.